The Bertz CT molecular complexity index is 1200. The summed E-state index contributed by atoms with van der Waals surface area (Å²) in [6.07, 6.45) is 1.25. The minimum atomic E-state index is -3.84. The standard InChI is InChI=1S/C24H29Cl2F2N3O4S/c1-4-22(24(33)29-5-2)30(15-16-8-9-17(25)13-19(16)26)23(32)7-6-12-31(36(3,34)35)18-10-11-20(27)21(28)14-18/h8-11,13-14,22H,4-7,12,15H2,1-3H3,(H,29,33)/t22-/m1/s1. The van der Waals surface area contributed by atoms with Crippen LogP contribution in [0, 0.1) is 11.6 Å². The van der Waals surface area contributed by atoms with Crippen molar-refractivity contribution in [1.82, 2.24) is 10.2 Å². The highest BCUT2D eigenvalue weighted by atomic mass is 35.5. The first-order valence-electron chi connectivity index (χ1n) is 11.3. The van der Waals surface area contributed by atoms with Crippen LogP contribution in [-0.4, -0.2) is 50.5 Å². The largest absolute Gasteiger partial charge is 0.355 e. The van der Waals surface area contributed by atoms with Gasteiger partial charge in [-0.15, -0.1) is 0 Å². The normalized spacial score (nSPS) is 12.2. The molecule has 0 saturated heterocycles. The van der Waals surface area contributed by atoms with Gasteiger partial charge in [0, 0.05) is 42.2 Å². The summed E-state index contributed by atoms with van der Waals surface area (Å²) in [5, 5.41) is 3.49. The van der Waals surface area contributed by atoms with Crippen molar-refractivity contribution in [3.63, 3.8) is 0 Å². The predicted octanol–water partition coefficient (Wildman–Crippen LogP) is 4.76. The van der Waals surface area contributed by atoms with Gasteiger partial charge in [-0.3, -0.25) is 13.9 Å². The molecule has 0 aromatic heterocycles. The molecule has 0 saturated carbocycles. The number of likely N-dealkylation sites (N-methyl/N-ethyl adjacent to an activating group) is 1. The fourth-order valence-corrected chi connectivity index (χ4v) is 5.11. The Hall–Kier alpha value is -2.43. The van der Waals surface area contributed by atoms with Crippen LogP contribution in [0.4, 0.5) is 14.5 Å². The van der Waals surface area contributed by atoms with Crippen molar-refractivity contribution in [2.75, 3.05) is 23.7 Å². The lowest BCUT2D eigenvalue weighted by molar-refractivity contribution is -0.141. The average Bonchev–Trinajstić information content (AvgIpc) is 2.79. The van der Waals surface area contributed by atoms with E-state index < -0.39 is 33.6 Å². The topological polar surface area (TPSA) is 86.8 Å². The predicted molar refractivity (Wildman–Crippen MR) is 138 cm³/mol. The van der Waals surface area contributed by atoms with E-state index in [2.05, 4.69) is 5.32 Å². The van der Waals surface area contributed by atoms with Crippen LogP contribution in [0.25, 0.3) is 0 Å². The quantitative estimate of drug-likeness (QED) is 0.403. The van der Waals surface area contributed by atoms with E-state index in [4.69, 9.17) is 23.2 Å². The summed E-state index contributed by atoms with van der Waals surface area (Å²) in [6.45, 7) is 3.83. The first-order chi connectivity index (χ1) is 16.9. The molecule has 12 heteroatoms. The van der Waals surface area contributed by atoms with Gasteiger partial charge in [-0.1, -0.05) is 36.2 Å². The molecule has 2 aromatic carbocycles. The molecule has 0 heterocycles. The Morgan fingerprint density at radius 3 is 2.31 bits per heavy atom. The number of sulfonamides is 1. The maximum atomic E-state index is 13.7. The molecule has 2 rings (SSSR count). The number of halogens is 4. The number of amides is 2. The maximum Gasteiger partial charge on any atom is 0.242 e. The lowest BCUT2D eigenvalue weighted by Gasteiger charge is -2.31. The molecule has 7 nitrogen and oxygen atoms in total. The molecular weight excluding hydrogens is 535 g/mol. The van der Waals surface area contributed by atoms with Crippen molar-refractivity contribution >= 4 is 50.7 Å². The number of carbonyl (C=O) groups excluding carboxylic acids is 2. The fraction of sp³-hybridized carbons (Fsp3) is 0.417. The number of nitrogens with zero attached hydrogens (tertiary/aromatic N) is 2. The van der Waals surface area contributed by atoms with E-state index in [1.54, 1.807) is 32.0 Å². The van der Waals surface area contributed by atoms with E-state index in [0.29, 0.717) is 28.6 Å². The van der Waals surface area contributed by atoms with Gasteiger partial charge in [-0.25, -0.2) is 17.2 Å². The lowest BCUT2D eigenvalue weighted by Crippen LogP contribution is -2.49. The van der Waals surface area contributed by atoms with Crippen LogP contribution in [0.15, 0.2) is 36.4 Å². The highest BCUT2D eigenvalue weighted by Gasteiger charge is 2.29. The molecule has 0 radical (unpaired) electrons. The highest BCUT2D eigenvalue weighted by molar-refractivity contribution is 7.92. The van der Waals surface area contributed by atoms with Crippen LogP contribution in [0.2, 0.25) is 10.0 Å². The molecule has 198 valence electrons. The highest BCUT2D eigenvalue weighted by Crippen LogP contribution is 2.25. The van der Waals surface area contributed by atoms with Crippen molar-refractivity contribution in [1.29, 1.82) is 0 Å². The zero-order valence-corrected chi connectivity index (χ0v) is 22.6. The van der Waals surface area contributed by atoms with Gasteiger partial charge >= 0.3 is 0 Å². The minimum absolute atomic E-state index is 0.0451. The van der Waals surface area contributed by atoms with Gasteiger partial charge in [0.1, 0.15) is 6.04 Å². The summed E-state index contributed by atoms with van der Waals surface area (Å²) in [5.41, 5.74) is 0.541. The van der Waals surface area contributed by atoms with Gasteiger partial charge in [-0.05, 0) is 49.6 Å². The molecular formula is C24H29Cl2F2N3O4S. The lowest BCUT2D eigenvalue weighted by atomic mass is 10.1. The smallest absolute Gasteiger partial charge is 0.242 e. The number of carbonyl (C=O) groups is 2. The fourth-order valence-electron chi connectivity index (χ4n) is 3.69. The molecule has 0 spiro atoms. The first-order valence-corrected chi connectivity index (χ1v) is 13.9. The molecule has 0 unspecified atom stereocenters. The SMILES string of the molecule is CCNC(=O)[C@@H](CC)N(Cc1ccc(Cl)cc1Cl)C(=O)CCCN(c1ccc(F)c(F)c1)S(C)(=O)=O. The average molecular weight is 564 g/mol. The van der Waals surface area contributed by atoms with E-state index in [1.165, 1.54) is 4.90 Å². The van der Waals surface area contributed by atoms with Crippen LogP contribution < -0.4 is 9.62 Å². The molecule has 36 heavy (non-hydrogen) atoms. The van der Waals surface area contributed by atoms with Crippen LogP contribution >= 0.6 is 23.2 Å². The third kappa shape index (κ3) is 8.04. The molecule has 1 atom stereocenters. The van der Waals surface area contributed by atoms with Crippen molar-refractivity contribution in [2.24, 2.45) is 0 Å². The van der Waals surface area contributed by atoms with Gasteiger partial charge in [0.05, 0.1) is 11.9 Å². The summed E-state index contributed by atoms with van der Waals surface area (Å²) in [6, 6.07) is 6.84. The third-order valence-corrected chi connectivity index (χ3v) is 7.22. The van der Waals surface area contributed by atoms with Gasteiger partial charge in [0.2, 0.25) is 21.8 Å². The van der Waals surface area contributed by atoms with Gasteiger partial charge in [0.25, 0.3) is 0 Å². The third-order valence-electron chi connectivity index (χ3n) is 5.44. The molecule has 0 aliphatic heterocycles. The second-order valence-electron chi connectivity index (χ2n) is 8.11. The summed E-state index contributed by atoms with van der Waals surface area (Å²) < 4.78 is 52.5. The second kappa shape index (κ2) is 13.2. The van der Waals surface area contributed by atoms with E-state index in [0.717, 1.165) is 28.8 Å². The van der Waals surface area contributed by atoms with E-state index in [1.807, 2.05) is 0 Å². The van der Waals surface area contributed by atoms with E-state index >= 15 is 0 Å². The zero-order valence-electron chi connectivity index (χ0n) is 20.2. The summed E-state index contributed by atoms with van der Waals surface area (Å²) in [4.78, 5) is 27.4. The van der Waals surface area contributed by atoms with Crippen molar-refractivity contribution in [3.8, 4) is 0 Å². The number of hydrogen-bond donors (Lipinski definition) is 1. The van der Waals surface area contributed by atoms with Crippen LogP contribution in [0.5, 0.6) is 0 Å². The van der Waals surface area contributed by atoms with Crippen molar-refractivity contribution in [2.45, 2.75) is 45.7 Å². The number of hydrogen-bond acceptors (Lipinski definition) is 4. The number of anilines is 1. The number of rotatable bonds is 12. The van der Waals surface area contributed by atoms with Gasteiger partial charge < -0.3 is 10.2 Å². The van der Waals surface area contributed by atoms with Gasteiger partial charge in [0.15, 0.2) is 11.6 Å². The van der Waals surface area contributed by atoms with Gasteiger partial charge in [-0.2, -0.15) is 0 Å². The Kier molecular flexibility index (Phi) is 10.9. The Labute approximate surface area is 220 Å². The Morgan fingerprint density at radius 2 is 1.75 bits per heavy atom. The maximum absolute atomic E-state index is 13.7. The molecule has 1 N–H and O–H groups in total. The van der Waals surface area contributed by atoms with E-state index in [-0.39, 0.29) is 37.5 Å². The van der Waals surface area contributed by atoms with Crippen LogP contribution in [-0.2, 0) is 26.2 Å². The first kappa shape index (κ1) is 29.8. The molecule has 2 aromatic rings. The Balaban J connectivity index is 2.25. The Morgan fingerprint density at radius 1 is 1.06 bits per heavy atom. The summed E-state index contributed by atoms with van der Waals surface area (Å²) in [5.74, 6) is -3.00. The second-order valence-corrected chi connectivity index (χ2v) is 10.9. The van der Waals surface area contributed by atoms with Crippen LogP contribution in [0.1, 0.15) is 38.7 Å². The number of benzene rings is 2. The summed E-state index contributed by atoms with van der Waals surface area (Å²) in [7, 11) is -3.84. The summed E-state index contributed by atoms with van der Waals surface area (Å²) >= 11 is 12.3. The van der Waals surface area contributed by atoms with E-state index in [9.17, 15) is 26.8 Å². The van der Waals surface area contributed by atoms with Crippen molar-refractivity contribution in [3.05, 3.63) is 63.6 Å². The molecule has 2 amide bonds. The monoisotopic (exact) mass is 563 g/mol. The minimum Gasteiger partial charge on any atom is -0.355 e. The molecule has 0 bridgehead atoms. The number of nitrogens with one attached hydrogen (secondary N) is 1. The molecule has 0 aliphatic rings. The molecule has 0 aliphatic carbocycles. The molecule has 0 fully saturated rings. The van der Waals surface area contributed by atoms with Crippen LogP contribution in [0.3, 0.4) is 0 Å². The van der Waals surface area contributed by atoms with Crippen molar-refractivity contribution < 1.29 is 26.8 Å². The zero-order chi connectivity index (χ0) is 27.0.